The summed E-state index contributed by atoms with van der Waals surface area (Å²) in [6, 6.07) is 0. The van der Waals surface area contributed by atoms with Crippen LogP contribution in [0.4, 0.5) is 0 Å². The Balaban J connectivity index is 2.39. The summed E-state index contributed by atoms with van der Waals surface area (Å²) in [5.41, 5.74) is 1.03. The molecule has 2 nitrogen and oxygen atoms in total. The molecule has 0 spiro atoms. The van der Waals surface area contributed by atoms with E-state index in [4.69, 9.17) is 0 Å². The lowest BCUT2D eigenvalue weighted by Gasteiger charge is -2.13. The maximum Gasteiger partial charge on any atom is 0.269 e. The molecular weight excluding hydrogens is 138 g/mol. The van der Waals surface area contributed by atoms with Gasteiger partial charge in [-0.25, -0.2) is 4.99 Å². The third kappa shape index (κ3) is 1.07. The first kappa shape index (κ1) is 6.28. The average molecular weight is 145 g/mol. The maximum atomic E-state index is 10.8. The number of nitrogens with zero attached hydrogens (tertiary/aromatic N) is 1. The predicted molar refractivity (Wildman–Crippen MR) is 43.4 cm³/mol. The van der Waals surface area contributed by atoms with E-state index in [9.17, 15) is 4.79 Å². The van der Waals surface area contributed by atoms with Crippen molar-refractivity contribution in [1.29, 1.82) is 0 Å². The summed E-state index contributed by atoms with van der Waals surface area (Å²) in [5.74, 6) is 0.0638. The zero-order chi connectivity index (χ0) is 7.68. The van der Waals surface area contributed by atoms with Gasteiger partial charge in [-0.2, -0.15) is 0 Å². The van der Waals surface area contributed by atoms with Crippen molar-refractivity contribution in [2.45, 2.75) is 0 Å². The monoisotopic (exact) mass is 145 g/mol. The van der Waals surface area contributed by atoms with E-state index in [-0.39, 0.29) is 11.8 Å². The molecule has 1 atom stereocenters. The molecule has 1 aliphatic heterocycles. The van der Waals surface area contributed by atoms with Crippen molar-refractivity contribution >= 4 is 12.1 Å². The van der Waals surface area contributed by atoms with Gasteiger partial charge in [-0.1, -0.05) is 24.3 Å². The number of carbonyl (C=O) groups is 1. The minimum absolute atomic E-state index is 0.156. The highest BCUT2D eigenvalue weighted by Gasteiger charge is 2.13. The van der Waals surface area contributed by atoms with E-state index in [0.717, 1.165) is 5.57 Å². The summed E-state index contributed by atoms with van der Waals surface area (Å²) in [4.78, 5) is 14.5. The number of aliphatic imine (C=N–C) groups is 1. The molecule has 54 valence electrons. The standard InChI is InChI=1S/C9H7NO/c11-9-5-7-3-1-2-4-8(7)6-10-9/h1-6,8H. The van der Waals surface area contributed by atoms with Crippen molar-refractivity contribution in [1.82, 2.24) is 0 Å². The van der Waals surface area contributed by atoms with Crippen LogP contribution in [0.3, 0.4) is 0 Å². The summed E-state index contributed by atoms with van der Waals surface area (Å²) < 4.78 is 0. The zero-order valence-electron chi connectivity index (χ0n) is 5.90. The molecule has 1 heterocycles. The smallest absolute Gasteiger partial charge is 0.267 e. The quantitative estimate of drug-likeness (QED) is 0.504. The number of carbonyl (C=O) groups excluding carboxylic acids is 1. The number of dihydropyridines is 1. The maximum absolute atomic E-state index is 10.8. The van der Waals surface area contributed by atoms with Crippen molar-refractivity contribution < 1.29 is 4.79 Å². The Morgan fingerprint density at radius 3 is 3.18 bits per heavy atom. The Morgan fingerprint density at radius 1 is 1.36 bits per heavy atom. The van der Waals surface area contributed by atoms with Gasteiger partial charge in [0.1, 0.15) is 0 Å². The van der Waals surface area contributed by atoms with Crippen LogP contribution in [0, 0.1) is 5.92 Å². The van der Waals surface area contributed by atoms with E-state index < -0.39 is 0 Å². The predicted octanol–water partition coefficient (Wildman–Crippen LogP) is 1.27. The van der Waals surface area contributed by atoms with Gasteiger partial charge in [0.15, 0.2) is 0 Å². The van der Waals surface area contributed by atoms with Gasteiger partial charge in [-0.05, 0) is 5.57 Å². The highest BCUT2D eigenvalue weighted by atomic mass is 16.1. The fourth-order valence-corrected chi connectivity index (χ4v) is 1.19. The lowest BCUT2D eigenvalue weighted by molar-refractivity contribution is -0.113. The molecule has 0 aromatic heterocycles. The minimum Gasteiger partial charge on any atom is -0.267 e. The van der Waals surface area contributed by atoms with Crippen LogP contribution in [0.1, 0.15) is 0 Å². The van der Waals surface area contributed by atoms with Gasteiger partial charge in [0.05, 0.1) is 0 Å². The Bertz CT molecular complexity index is 308. The molecule has 0 saturated heterocycles. The van der Waals surface area contributed by atoms with Crippen LogP contribution in [-0.4, -0.2) is 12.1 Å². The second-order valence-electron chi connectivity index (χ2n) is 2.53. The molecule has 0 aromatic rings. The number of fused-ring (bicyclic) bond motifs is 1. The van der Waals surface area contributed by atoms with Gasteiger partial charge < -0.3 is 0 Å². The van der Waals surface area contributed by atoms with Crippen LogP contribution in [-0.2, 0) is 4.79 Å². The van der Waals surface area contributed by atoms with Crippen LogP contribution in [0.25, 0.3) is 0 Å². The number of amides is 1. The molecule has 1 amide bonds. The highest BCUT2D eigenvalue weighted by Crippen LogP contribution is 2.19. The lowest BCUT2D eigenvalue weighted by atomic mass is 9.94. The minimum atomic E-state index is -0.156. The Labute approximate surface area is 64.6 Å². The van der Waals surface area contributed by atoms with Crippen molar-refractivity contribution in [3.63, 3.8) is 0 Å². The molecule has 0 radical (unpaired) electrons. The topological polar surface area (TPSA) is 29.4 Å². The summed E-state index contributed by atoms with van der Waals surface area (Å²) in [5, 5.41) is 0. The molecular formula is C9H7NO. The molecule has 0 aromatic carbocycles. The molecule has 2 rings (SSSR count). The summed E-state index contributed by atoms with van der Waals surface area (Å²) in [6.07, 6.45) is 11.1. The normalized spacial score (nSPS) is 26.7. The molecule has 11 heavy (non-hydrogen) atoms. The van der Waals surface area contributed by atoms with E-state index >= 15 is 0 Å². The number of allylic oxidation sites excluding steroid dienone is 5. The van der Waals surface area contributed by atoms with Crippen LogP contribution in [0.15, 0.2) is 40.9 Å². The van der Waals surface area contributed by atoms with Crippen LogP contribution >= 0.6 is 0 Å². The highest BCUT2D eigenvalue weighted by molar-refractivity contribution is 5.99. The summed E-state index contributed by atoms with van der Waals surface area (Å²) in [7, 11) is 0. The van der Waals surface area contributed by atoms with Gasteiger partial charge >= 0.3 is 0 Å². The fourth-order valence-electron chi connectivity index (χ4n) is 1.19. The van der Waals surface area contributed by atoms with Crippen molar-refractivity contribution in [2.24, 2.45) is 10.9 Å². The van der Waals surface area contributed by atoms with Gasteiger partial charge in [-0.15, -0.1) is 0 Å². The molecule has 0 N–H and O–H groups in total. The Morgan fingerprint density at radius 2 is 2.27 bits per heavy atom. The van der Waals surface area contributed by atoms with Crippen molar-refractivity contribution in [3.8, 4) is 0 Å². The SMILES string of the molecule is O=C1C=C2C=CC=CC2C=N1. The molecule has 0 saturated carbocycles. The van der Waals surface area contributed by atoms with Crippen LogP contribution < -0.4 is 0 Å². The van der Waals surface area contributed by atoms with Crippen molar-refractivity contribution in [2.75, 3.05) is 0 Å². The van der Waals surface area contributed by atoms with E-state index in [1.54, 1.807) is 12.3 Å². The first-order chi connectivity index (χ1) is 5.36. The number of hydrogen-bond donors (Lipinski definition) is 0. The second-order valence-corrected chi connectivity index (χ2v) is 2.53. The lowest BCUT2D eigenvalue weighted by Crippen LogP contribution is -2.10. The van der Waals surface area contributed by atoms with Gasteiger partial charge in [-0.3, -0.25) is 4.79 Å². The second kappa shape index (κ2) is 2.31. The van der Waals surface area contributed by atoms with Crippen LogP contribution in [0.2, 0.25) is 0 Å². The summed E-state index contributed by atoms with van der Waals surface area (Å²) >= 11 is 0. The first-order valence-electron chi connectivity index (χ1n) is 3.51. The summed E-state index contributed by atoms with van der Waals surface area (Å²) in [6.45, 7) is 0. The fraction of sp³-hybridized carbons (Fsp3) is 0.111. The van der Waals surface area contributed by atoms with E-state index in [1.165, 1.54) is 0 Å². The Kier molecular flexibility index (Phi) is 1.32. The van der Waals surface area contributed by atoms with E-state index in [2.05, 4.69) is 4.99 Å². The molecule has 0 bridgehead atoms. The number of rotatable bonds is 0. The Hall–Kier alpha value is -1.44. The van der Waals surface area contributed by atoms with Crippen LogP contribution in [0.5, 0.6) is 0 Å². The molecule has 0 fully saturated rings. The molecule has 1 aliphatic carbocycles. The zero-order valence-corrected chi connectivity index (χ0v) is 5.90. The number of hydrogen-bond acceptors (Lipinski definition) is 1. The molecule has 2 heteroatoms. The third-order valence-corrected chi connectivity index (χ3v) is 1.76. The van der Waals surface area contributed by atoms with E-state index in [0.29, 0.717) is 0 Å². The largest absolute Gasteiger partial charge is 0.269 e. The third-order valence-electron chi connectivity index (χ3n) is 1.76. The average Bonchev–Trinajstić information content (AvgIpc) is 2.04. The molecule has 1 unspecified atom stereocenters. The molecule has 2 aliphatic rings. The van der Waals surface area contributed by atoms with Gasteiger partial charge in [0, 0.05) is 18.2 Å². The van der Waals surface area contributed by atoms with Gasteiger partial charge in [0.2, 0.25) is 0 Å². The van der Waals surface area contributed by atoms with Crippen molar-refractivity contribution in [3.05, 3.63) is 36.0 Å². The first-order valence-corrected chi connectivity index (χ1v) is 3.51. The van der Waals surface area contributed by atoms with Gasteiger partial charge in [0.25, 0.3) is 5.91 Å². The van der Waals surface area contributed by atoms with E-state index in [1.807, 2.05) is 24.3 Å².